The summed E-state index contributed by atoms with van der Waals surface area (Å²) in [4.78, 5) is 36.3. The van der Waals surface area contributed by atoms with Gasteiger partial charge in [0.25, 0.3) is 0 Å². The molecule has 2 atom stereocenters. The first-order valence-corrected chi connectivity index (χ1v) is 18.2. The zero-order chi connectivity index (χ0) is 38.2. The number of nitrogens with zero attached hydrogens (tertiary/aromatic N) is 4. The number of aromatic nitrogens is 3. The van der Waals surface area contributed by atoms with Gasteiger partial charge >= 0.3 is 13.8 Å². The van der Waals surface area contributed by atoms with E-state index in [9.17, 15) is 32.3 Å². The first-order valence-electron chi connectivity index (χ1n) is 15.7. The summed E-state index contributed by atoms with van der Waals surface area (Å²) in [6, 6.07) is 11.5. The van der Waals surface area contributed by atoms with E-state index in [2.05, 4.69) is 14.6 Å². The van der Waals surface area contributed by atoms with Crippen LogP contribution in [0.1, 0.15) is 39.5 Å². The number of hydrogen-bond acceptors (Lipinski definition) is 10. The third-order valence-corrected chi connectivity index (χ3v) is 9.84. The van der Waals surface area contributed by atoms with Gasteiger partial charge < -0.3 is 24.0 Å². The lowest BCUT2D eigenvalue weighted by Crippen LogP contribution is -2.47. The molecule has 0 spiro atoms. The molecular formula is C35H31F4N4O8PS. The van der Waals surface area contributed by atoms with E-state index in [0.29, 0.717) is 6.07 Å². The molecule has 0 unspecified atom stereocenters. The number of phosphoric ester groups is 1. The summed E-state index contributed by atoms with van der Waals surface area (Å²) in [7, 11) is -5.04. The number of allylic oxidation sites excluding steroid dienone is 2. The molecule has 278 valence electrons. The van der Waals surface area contributed by atoms with Gasteiger partial charge in [-0.15, -0.1) is 11.8 Å². The quantitative estimate of drug-likeness (QED) is 0.0646. The molecular weight excluding hydrogens is 743 g/mol. The van der Waals surface area contributed by atoms with Gasteiger partial charge in [-0.05, 0) is 61.0 Å². The maximum atomic E-state index is 15.8. The van der Waals surface area contributed by atoms with Gasteiger partial charge in [0.1, 0.15) is 35.9 Å². The van der Waals surface area contributed by atoms with Crippen LogP contribution in [0, 0.1) is 34.6 Å². The van der Waals surface area contributed by atoms with E-state index in [1.165, 1.54) is 47.3 Å². The average Bonchev–Trinajstić information content (AvgIpc) is 3.62. The maximum absolute atomic E-state index is 15.8. The predicted molar refractivity (Wildman–Crippen MR) is 183 cm³/mol. The minimum absolute atomic E-state index is 0.124. The number of carbonyl (C=O) groups excluding carboxylic acids is 1. The average molecular weight is 775 g/mol. The summed E-state index contributed by atoms with van der Waals surface area (Å²) < 4.78 is 93.4. The normalized spacial score (nSPS) is 18.2. The van der Waals surface area contributed by atoms with E-state index < -0.39 is 66.1 Å². The second-order valence-electron chi connectivity index (χ2n) is 11.6. The van der Waals surface area contributed by atoms with Gasteiger partial charge in [0.15, 0.2) is 11.9 Å². The van der Waals surface area contributed by atoms with E-state index >= 15 is 4.39 Å². The molecule has 12 nitrogen and oxygen atoms in total. The Balaban J connectivity index is 1.39. The van der Waals surface area contributed by atoms with E-state index in [4.69, 9.17) is 19.5 Å². The topological polar surface area (TPSA) is 166 Å². The highest BCUT2D eigenvalue weighted by Gasteiger charge is 2.47. The van der Waals surface area contributed by atoms with Crippen molar-refractivity contribution in [1.29, 1.82) is 5.26 Å². The summed E-state index contributed by atoms with van der Waals surface area (Å²) in [6.45, 7) is 0.681. The van der Waals surface area contributed by atoms with Crippen LogP contribution in [0.15, 0.2) is 85.5 Å². The van der Waals surface area contributed by atoms with Crippen LogP contribution in [0.5, 0.6) is 0 Å². The molecule has 2 heterocycles. The molecule has 0 saturated carbocycles. The largest absolute Gasteiger partial charge is 0.469 e. The first kappa shape index (κ1) is 39.5. The van der Waals surface area contributed by atoms with Crippen LogP contribution in [-0.2, 0) is 42.1 Å². The minimum Gasteiger partial charge on any atom is -0.447 e. The summed E-state index contributed by atoms with van der Waals surface area (Å²) in [5.41, 5.74) is -2.32. The third kappa shape index (κ3) is 10.5. The first-order chi connectivity index (χ1) is 25.3. The number of esters is 1. The van der Waals surface area contributed by atoms with Crippen molar-refractivity contribution in [2.45, 2.75) is 42.5 Å². The van der Waals surface area contributed by atoms with Gasteiger partial charge in [-0.25, -0.2) is 36.6 Å². The molecule has 1 saturated heterocycles. The highest BCUT2D eigenvalue weighted by Crippen LogP contribution is 2.43. The standard InChI is InChI=1S/C35H31F4N4O8PS/c1-22(53-28-17-48-33(49-18-28)5-3-2-4-24-7-6-23(15-40)12-31(24)38)35(19-43-21-41-20-42-43,30-11-9-27(37)14-32(30)39)51-34(44)29-10-8-26(36)13-25(29)16-50-52(45,46)47/h2-14,20-22,28,33H,16-19H2,1H3,(H2,45,46,47)/b4-2+,5-3+/t22-,28-,33-,35-/m1/s1. The van der Waals surface area contributed by atoms with Gasteiger partial charge in [0.05, 0.1) is 48.8 Å². The van der Waals surface area contributed by atoms with Gasteiger partial charge in [-0.3, -0.25) is 4.52 Å². The zero-order valence-corrected chi connectivity index (χ0v) is 29.4. The maximum Gasteiger partial charge on any atom is 0.469 e. The molecule has 1 fully saturated rings. The summed E-state index contributed by atoms with van der Waals surface area (Å²) in [5.74, 6) is -4.47. The van der Waals surface area contributed by atoms with Crippen LogP contribution in [0.2, 0.25) is 0 Å². The Morgan fingerprint density at radius 2 is 1.83 bits per heavy atom. The second-order valence-corrected chi connectivity index (χ2v) is 14.5. The highest BCUT2D eigenvalue weighted by molar-refractivity contribution is 8.00. The number of halogens is 4. The van der Waals surface area contributed by atoms with Crippen molar-refractivity contribution in [1.82, 2.24) is 14.8 Å². The van der Waals surface area contributed by atoms with E-state index in [1.54, 1.807) is 25.2 Å². The third-order valence-electron chi connectivity index (χ3n) is 7.93. The number of thioether (sulfide) groups is 1. The van der Waals surface area contributed by atoms with Crippen molar-refractivity contribution in [2.75, 3.05) is 13.2 Å². The summed E-state index contributed by atoms with van der Waals surface area (Å²) in [6.07, 6.45) is 8.03. The Kier molecular flexibility index (Phi) is 13.0. The lowest BCUT2D eigenvalue weighted by Gasteiger charge is -2.40. The SMILES string of the molecule is C[C@@H](S[C@H]1CO[C@H](/C=C/C=C/c2ccc(C#N)cc2F)OC1)[C@@](Cn1cncn1)(OC(=O)c1ccc(F)cc1COP(=O)(O)O)c1ccc(F)cc1F. The number of rotatable bonds is 14. The molecule has 5 rings (SSSR count). The molecule has 1 aliphatic rings. The van der Waals surface area contributed by atoms with Crippen molar-refractivity contribution >= 4 is 31.6 Å². The lowest BCUT2D eigenvalue weighted by atomic mass is 9.89. The van der Waals surface area contributed by atoms with Crippen molar-refractivity contribution in [3.05, 3.63) is 137 Å². The van der Waals surface area contributed by atoms with Gasteiger partial charge in [-0.1, -0.05) is 24.3 Å². The van der Waals surface area contributed by atoms with Crippen LogP contribution in [-0.4, -0.2) is 60.5 Å². The molecule has 0 amide bonds. The minimum atomic E-state index is -5.04. The smallest absolute Gasteiger partial charge is 0.447 e. The summed E-state index contributed by atoms with van der Waals surface area (Å²) in [5, 5.41) is 11.7. The van der Waals surface area contributed by atoms with Crippen LogP contribution in [0.3, 0.4) is 0 Å². The molecule has 1 aliphatic heterocycles. The van der Waals surface area contributed by atoms with Crippen molar-refractivity contribution in [2.24, 2.45) is 0 Å². The molecule has 1 aromatic heterocycles. The van der Waals surface area contributed by atoms with Gasteiger partial charge in [0, 0.05) is 22.4 Å². The predicted octanol–water partition coefficient (Wildman–Crippen LogP) is 6.20. The highest BCUT2D eigenvalue weighted by atomic mass is 32.2. The van der Waals surface area contributed by atoms with Crippen LogP contribution in [0.4, 0.5) is 17.6 Å². The number of hydrogen-bond donors (Lipinski definition) is 2. The van der Waals surface area contributed by atoms with Crippen molar-refractivity contribution in [3.63, 3.8) is 0 Å². The fourth-order valence-electron chi connectivity index (χ4n) is 5.38. The number of phosphoric acid groups is 1. The number of ether oxygens (including phenoxy) is 3. The molecule has 2 N–H and O–H groups in total. The fourth-order valence-corrected chi connectivity index (χ4v) is 7.05. The lowest BCUT2D eigenvalue weighted by molar-refractivity contribution is -0.146. The monoisotopic (exact) mass is 774 g/mol. The van der Waals surface area contributed by atoms with Crippen LogP contribution < -0.4 is 0 Å². The van der Waals surface area contributed by atoms with Gasteiger partial charge in [0.2, 0.25) is 0 Å². The molecule has 0 radical (unpaired) electrons. The number of carbonyl (C=O) groups is 1. The fraction of sp³-hybridized carbons (Fsp3) is 0.257. The molecule has 4 aromatic rings. The van der Waals surface area contributed by atoms with Crippen molar-refractivity contribution in [3.8, 4) is 6.07 Å². The molecule has 3 aromatic carbocycles. The van der Waals surface area contributed by atoms with E-state index in [0.717, 1.165) is 36.4 Å². The number of nitriles is 1. The zero-order valence-electron chi connectivity index (χ0n) is 27.7. The Bertz CT molecular complexity index is 2070. The molecule has 0 bridgehead atoms. The molecule has 18 heteroatoms. The Hall–Kier alpha value is -4.66. The number of benzene rings is 3. The Labute approximate surface area is 304 Å². The van der Waals surface area contributed by atoms with Crippen LogP contribution >= 0.6 is 19.6 Å². The van der Waals surface area contributed by atoms with Crippen molar-refractivity contribution < 1.29 is 55.4 Å². The van der Waals surface area contributed by atoms with E-state index in [-0.39, 0.29) is 47.6 Å². The Morgan fingerprint density at radius 1 is 1.09 bits per heavy atom. The van der Waals surface area contributed by atoms with Crippen LogP contribution in [0.25, 0.3) is 6.08 Å². The molecule has 53 heavy (non-hydrogen) atoms. The summed E-state index contributed by atoms with van der Waals surface area (Å²) >= 11 is 1.21. The van der Waals surface area contributed by atoms with E-state index in [1.807, 2.05) is 6.07 Å². The Morgan fingerprint density at radius 3 is 2.49 bits per heavy atom. The second kappa shape index (κ2) is 17.4. The molecule has 0 aliphatic carbocycles. The van der Waals surface area contributed by atoms with Gasteiger partial charge in [-0.2, -0.15) is 10.4 Å².